The number of methoxy groups -OCH3 is 1. The van der Waals surface area contributed by atoms with Gasteiger partial charge in [0.25, 0.3) is 0 Å². The molecule has 1 aliphatic carbocycles. The number of nitrogens with one attached hydrogen (secondary N) is 2. The Balaban J connectivity index is 1.71. The third-order valence-electron chi connectivity index (χ3n) is 2.45. The lowest BCUT2D eigenvalue weighted by Crippen LogP contribution is -2.36. The summed E-state index contributed by atoms with van der Waals surface area (Å²) >= 11 is 0. The minimum absolute atomic E-state index is 0.0698. The van der Waals surface area contributed by atoms with Crippen LogP contribution in [0.4, 0.5) is 0 Å². The average molecular weight is 260 g/mol. The highest BCUT2D eigenvalue weighted by Gasteiger charge is 2.22. The number of rotatable bonds is 12. The minimum Gasteiger partial charge on any atom is -0.382 e. The van der Waals surface area contributed by atoms with E-state index >= 15 is 0 Å². The molecule has 0 bridgehead atoms. The molecule has 0 aliphatic heterocycles. The Morgan fingerprint density at radius 1 is 1.11 bits per heavy atom. The first kappa shape index (κ1) is 15.4. The Hall–Kier alpha value is -0.690. The molecule has 1 amide bonds. The molecule has 0 heterocycles. The molecule has 0 radical (unpaired) electrons. The molecule has 106 valence electrons. The van der Waals surface area contributed by atoms with Gasteiger partial charge in [-0.25, -0.2) is 0 Å². The van der Waals surface area contributed by atoms with Crippen LogP contribution < -0.4 is 10.6 Å². The first-order chi connectivity index (χ1) is 8.83. The fourth-order valence-corrected chi connectivity index (χ4v) is 1.32. The summed E-state index contributed by atoms with van der Waals surface area (Å²) in [6.45, 7) is 3.98. The number of hydrogen-bond donors (Lipinski definition) is 2. The van der Waals surface area contributed by atoms with Gasteiger partial charge in [0.2, 0.25) is 5.91 Å². The van der Waals surface area contributed by atoms with Crippen LogP contribution in [-0.2, 0) is 19.0 Å². The summed E-state index contributed by atoms with van der Waals surface area (Å²) in [6.07, 6.45) is 2.25. The van der Waals surface area contributed by atoms with E-state index in [1.54, 1.807) is 7.11 Å². The molecule has 1 fully saturated rings. The van der Waals surface area contributed by atoms with Gasteiger partial charge in [-0.2, -0.15) is 0 Å². The van der Waals surface area contributed by atoms with Crippen molar-refractivity contribution in [3.8, 4) is 0 Å². The molecule has 1 rings (SSSR count). The van der Waals surface area contributed by atoms with Gasteiger partial charge in [-0.3, -0.25) is 4.79 Å². The second-order valence-electron chi connectivity index (χ2n) is 4.24. The number of carbonyl (C=O) groups excluding carboxylic acids is 1. The van der Waals surface area contributed by atoms with Gasteiger partial charge in [0, 0.05) is 19.7 Å². The maximum absolute atomic E-state index is 11.3. The lowest BCUT2D eigenvalue weighted by atomic mass is 10.5. The zero-order valence-corrected chi connectivity index (χ0v) is 11.1. The largest absolute Gasteiger partial charge is 0.382 e. The first-order valence-corrected chi connectivity index (χ1v) is 6.47. The maximum atomic E-state index is 11.3. The van der Waals surface area contributed by atoms with E-state index in [-0.39, 0.29) is 5.91 Å². The van der Waals surface area contributed by atoms with Crippen LogP contribution in [0.5, 0.6) is 0 Å². The fraction of sp³-hybridized carbons (Fsp3) is 0.917. The standard InChI is InChI=1S/C12H24N2O4/c1-16-6-7-18-9-8-17-5-4-13-10-12(15)14-11-2-3-11/h11,13H,2-10H2,1H3,(H,14,15). The molecule has 0 spiro atoms. The second-order valence-corrected chi connectivity index (χ2v) is 4.24. The van der Waals surface area contributed by atoms with Gasteiger partial charge < -0.3 is 24.8 Å². The number of amides is 1. The van der Waals surface area contributed by atoms with E-state index in [1.807, 2.05) is 0 Å². The van der Waals surface area contributed by atoms with Crippen LogP contribution >= 0.6 is 0 Å². The summed E-state index contributed by atoms with van der Waals surface area (Å²) in [4.78, 5) is 11.3. The topological polar surface area (TPSA) is 68.8 Å². The predicted octanol–water partition coefficient (Wildman–Crippen LogP) is -0.466. The van der Waals surface area contributed by atoms with Gasteiger partial charge in [0.05, 0.1) is 39.6 Å². The number of carbonyl (C=O) groups is 1. The van der Waals surface area contributed by atoms with Crippen LogP contribution in [0.1, 0.15) is 12.8 Å². The van der Waals surface area contributed by atoms with Crippen molar-refractivity contribution in [3.05, 3.63) is 0 Å². The van der Waals surface area contributed by atoms with E-state index in [0.717, 1.165) is 12.8 Å². The summed E-state index contributed by atoms with van der Waals surface area (Å²) in [6, 6.07) is 0.430. The SMILES string of the molecule is COCCOCCOCCNCC(=O)NC1CC1. The zero-order chi connectivity index (χ0) is 13.1. The molecule has 1 saturated carbocycles. The van der Waals surface area contributed by atoms with Crippen LogP contribution in [0.2, 0.25) is 0 Å². The van der Waals surface area contributed by atoms with Gasteiger partial charge in [-0.05, 0) is 12.8 Å². The zero-order valence-electron chi connectivity index (χ0n) is 11.1. The smallest absolute Gasteiger partial charge is 0.234 e. The highest BCUT2D eigenvalue weighted by molar-refractivity contribution is 5.78. The lowest BCUT2D eigenvalue weighted by molar-refractivity contribution is -0.120. The Bertz CT molecular complexity index is 222. The van der Waals surface area contributed by atoms with Crippen molar-refractivity contribution in [1.82, 2.24) is 10.6 Å². The van der Waals surface area contributed by atoms with Gasteiger partial charge in [0.1, 0.15) is 0 Å². The molecular formula is C12H24N2O4. The van der Waals surface area contributed by atoms with Gasteiger partial charge in [-0.15, -0.1) is 0 Å². The van der Waals surface area contributed by atoms with Gasteiger partial charge in [-0.1, -0.05) is 0 Å². The molecule has 0 aromatic heterocycles. The van der Waals surface area contributed by atoms with E-state index in [1.165, 1.54) is 0 Å². The van der Waals surface area contributed by atoms with E-state index in [4.69, 9.17) is 14.2 Å². The normalized spacial score (nSPS) is 14.7. The lowest BCUT2D eigenvalue weighted by Gasteiger charge is -2.07. The summed E-state index contributed by atoms with van der Waals surface area (Å²) in [5.74, 6) is 0.0698. The van der Waals surface area contributed by atoms with Crippen LogP contribution in [0.25, 0.3) is 0 Å². The third-order valence-corrected chi connectivity index (χ3v) is 2.45. The first-order valence-electron chi connectivity index (χ1n) is 6.47. The minimum atomic E-state index is 0.0698. The highest BCUT2D eigenvalue weighted by Crippen LogP contribution is 2.17. The van der Waals surface area contributed by atoms with Crippen LogP contribution in [0, 0.1) is 0 Å². The van der Waals surface area contributed by atoms with Crippen LogP contribution in [0.15, 0.2) is 0 Å². The van der Waals surface area contributed by atoms with E-state index < -0.39 is 0 Å². The van der Waals surface area contributed by atoms with Crippen molar-refractivity contribution in [2.24, 2.45) is 0 Å². The molecule has 0 unspecified atom stereocenters. The second kappa shape index (κ2) is 10.3. The summed E-state index contributed by atoms with van der Waals surface area (Å²) in [5, 5.41) is 5.94. The summed E-state index contributed by atoms with van der Waals surface area (Å²) in [5.41, 5.74) is 0. The van der Waals surface area contributed by atoms with Crippen molar-refractivity contribution in [1.29, 1.82) is 0 Å². The molecule has 0 saturated heterocycles. The average Bonchev–Trinajstić information content (AvgIpc) is 3.15. The molecule has 0 aromatic carbocycles. The Kier molecular flexibility index (Phi) is 8.75. The van der Waals surface area contributed by atoms with E-state index in [0.29, 0.717) is 52.2 Å². The van der Waals surface area contributed by atoms with E-state index in [9.17, 15) is 4.79 Å². The molecule has 6 heteroatoms. The number of hydrogen-bond acceptors (Lipinski definition) is 5. The predicted molar refractivity (Wildman–Crippen MR) is 67.5 cm³/mol. The van der Waals surface area contributed by atoms with Crippen molar-refractivity contribution in [2.45, 2.75) is 18.9 Å². The van der Waals surface area contributed by atoms with Crippen LogP contribution in [-0.4, -0.2) is 65.2 Å². The summed E-state index contributed by atoms with van der Waals surface area (Å²) < 4.78 is 15.4. The molecule has 1 aliphatic rings. The fourth-order valence-electron chi connectivity index (χ4n) is 1.32. The third kappa shape index (κ3) is 9.35. The van der Waals surface area contributed by atoms with Crippen LogP contribution in [0.3, 0.4) is 0 Å². The molecular weight excluding hydrogens is 236 g/mol. The van der Waals surface area contributed by atoms with Crippen molar-refractivity contribution in [2.75, 3.05) is 53.2 Å². The van der Waals surface area contributed by atoms with Gasteiger partial charge >= 0.3 is 0 Å². The summed E-state index contributed by atoms with van der Waals surface area (Å²) in [7, 11) is 1.64. The van der Waals surface area contributed by atoms with Crippen molar-refractivity contribution < 1.29 is 19.0 Å². The Morgan fingerprint density at radius 3 is 2.44 bits per heavy atom. The van der Waals surface area contributed by atoms with Crippen molar-refractivity contribution in [3.63, 3.8) is 0 Å². The number of ether oxygens (including phenoxy) is 3. The maximum Gasteiger partial charge on any atom is 0.234 e. The monoisotopic (exact) mass is 260 g/mol. The molecule has 0 atom stereocenters. The van der Waals surface area contributed by atoms with Crippen molar-refractivity contribution >= 4 is 5.91 Å². The molecule has 2 N–H and O–H groups in total. The Morgan fingerprint density at radius 2 is 1.78 bits per heavy atom. The van der Waals surface area contributed by atoms with Gasteiger partial charge in [0.15, 0.2) is 0 Å². The highest BCUT2D eigenvalue weighted by atomic mass is 16.5. The molecule has 6 nitrogen and oxygen atoms in total. The quantitative estimate of drug-likeness (QED) is 0.465. The molecule has 18 heavy (non-hydrogen) atoms. The molecule has 0 aromatic rings. The Labute approximate surface area is 108 Å². The van der Waals surface area contributed by atoms with E-state index in [2.05, 4.69) is 10.6 Å².